The Balaban J connectivity index is 1.41. The van der Waals surface area contributed by atoms with E-state index in [1.807, 2.05) is 29.2 Å². The Labute approximate surface area is 173 Å². The van der Waals surface area contributed by atoms with Gasteiger partial charge in [-0.25, -0.2) is 0 Å². The van der Waals surface area contributed by atoms with Gasteiger partial charge in [0.2, 0.25) is 11.8 Å². The molecule has 4 rings (SSSR count). The molecule has 2 fully saturated rings. The van der Waals surface area contributed by atoms with Crippen molar-refractivity contribution in [2.24, 2.45) is 11.8 Å². The normalized spacial score (nSPS) is 19.9. The number of likely N-dealkylation sites (tertiary alicyclic amines) is 1. The molecule has 0 spiro atoms. The molecule has 1 saturated heterocycles. The highest BCUT2D eigenvalue weighted by Crippen LogP contribution is 2.29. The van der Waals surface area contributed by atoms with Crippen LogP contribution in [0.2, 0.25) is 0 Å². The number of nitrogens with zero attached hydrogens (tertiary/aromatic N) is 1. The summed E-state index contributed by atoms with van der Waals surface area (Å²) >= 11 is 0. The summed E-state index contributed by atoms with van der Waals surface area (Å²) < 4.78 is 0. The van der Waals surface area contributed by atoms with Gasteiger partial charge >= 0.3 is 0 Å². The van der Waals surface area contributed by atoms with Crippen molar-refractivity contribution in [3.8, 4) is 11.1 Å². The van der Waals surface area contributed by atoms with E-state index in [1.165, 1.54) is 5.56 Å². The van der Waals surface area contributed by atoms with Crippen molar-refractivity contribution in [2.45, 2.75) is 45.4 Å². The van der Waals surface area contributed by atoms with Crippen LogP contribution in [-0.4, -0.2) is 29.8 Å². The SMILES string of the molecule is Cc1cccc(-c2cccc(NC(=O)C3CCCN(C(=O)C4CCCC4)C3)c2)c1. The zero-order valence-electron chi connectivity index (χ0n) is 17.2. The Hall–Kier alpha value is -2.62. The average molecular weight is 391 g/mol. The molecule has 152 valence electrons. The van der Waals surface area contributed by atoms with Gasteiger partial charge < -0.3 is 10.2 Å². The third kappa shape index (κ3) is 4.69. The van der Waals surface area contributed by atoms with Crippen molar-refractivity contribution in [2.75, 3.05) is 18.4 Å². The second-order valence-electron chi connectivity index (χ2n) is 8.54. The van der Waals surface area contributed by atoms with Crippen LogP contribution in [0.15, 0.2) is 48.5 Å². The second kappa shape index (κ2) is 8.81. The van der Waals surface area contributed by atoms with Crippen LogP contribution in [0, 0.1) is 18.8 Å². The van der Waals surface area contributed by atoms with Crippen LogP contribution in [0.3, 0.4) is 0 Å². The summed E-state index contributed by atoms with van der Waals surface area (Å²) in [5.74, 6) is 0.344. The summed E-state index contributed by atoms with van der Waals surface area (Å²) in [7, 11) is 0. The van der Waals surface area contributed by atoms with Crippen LogP contribution in [0.4, 0.5) is 5.69 Å². The van der Waals surface area contributed by atoms with E-state index in [1.54, 1.807) is 0 Å². The van der Waals surface area contributed by atoms with Crippen molar-refractivity contribution < 1.29 is 9.59 Å². The topological polar surface area (TPSA) is 49.4 Å². The van der Waals surface area contributed by atoms with Gasteiger partial charge in [-0.05, 0) is 55.9 Å². The number of anilines is 1. The van der Waals surface area contributed by atoms with E-state index in [2.05, 4.69) is 36.5 Å². The zero-order chi connectivity index (χ0) is 20.2. The average Bonchev–Trinajstić information content (AvgIpc) is 3.28. The number of carbonyl (C=O) groups excluding carboxylic acids is 2. The number of hydrogen-bond donors (Lipinski definition) is 1. The first-order valence-electron chi connectivity index (χ1n) is 10.9. The number of rotatable bonds is 4. The molecule has 4 heteroatoms. The number of aryl methyl sites for hydroxylation is 1. The number of carbonyl (C=O) groups is 2. The largest absolute Gasteiger partial charge is 0.342 e. The van der Waals surface area contributed by atoms with E-state index in [9.17, 15) is 9.59 Å². The van der Waals surface area contributed by atoms with Gasteiger partial charge in [0.05, 0.1) is 5.92 Å². The minimum Gasteiger partial charge on any atom is -0.342 e. The summed E-state index contributed by atoms with van der Waals surface area (Å²) in [6.07, 6.45) is 6.09. The Bertz CT molecular complexity index is 886. The van der Waals surface area contributed by atoms with Crippen LogP contribution >= 0.6 is 0 Å². The molecular formula is C25H30N2O2. The van der Waals surface area contributed by atoms with E-state index >= 15 is 0 Å². The lowest BCUT2D eigenvalue weighted by molar-refractivity contribution is -0.138. The minimum atomic E-state index is -0.128. The van der Waals surface area contributed by atoms with Crippen molar-refractivity contribution in [3.05, 3.63) is 54.1 Å². The third-order valence-corrected chi connectivity index (χ3v) is 6.29. The summed E-state index contributed by atoms with van der Waals surface area (Å²) in [5, 5.41) is 3.09. The van der Waals surface area contributed by atoms with Crippen LogP contribution in [-0.2, 0) is 9.59 Å². The van der Waals surface area contributed by atoms with Gasteiger partial charge in [0.1, 0.15) is 0 Å². The fourth-order valence-electron chi connectivity index (χ4n) is 4.67. The van der Waals surface area contributed by atoms with E-state index < -0.39 is 0 Å². The Kier molecular flexibility index (Phi) is 5.98. The highest BCUT2D eigenvalue weighted by atomic mass is 16.2. The maximum absolute atomic E-state index is 12.9. The Morgan fingerprint density at radius 2 is 1.59 bits per heavy atom. The van der Waals surface area contributed by atoms with Gasteiger partial charge in [0, 0.05) is 24.7 Å². The quantitative estimate of drug-likeness (QED) is 0.796. The smallest absolute Gasteiger partial charge is 0.229 e. The van der Waals surface area contributed by atoms with Crippen molar-refractivity contribution in [1.82, 2.24) is 4.90 Å². The second-order valence-corrected chi connectivity index (χ2v) is 8.54. The Morgan fingerprint density at radius 3 is 2.34 bits per heavy atom. The molecule has 1 aliphatic carbocycles. The molecular weight excluding hydrogens is 360 g/mol. The molecule has 0 aromatic heterocycles. The molecule has 29 heavy (non-hydrogen) atoms. The molecule has 1 saturated carbocycles. The number of benzene rings is 2. The number of piperidine rings is 1. The molecule has 2 aliphatic rings. The number of amides is 2. The lowest BCUT2D eigenvalue weighted by Gasteiger charge is -2.33. The maximum atomic E-state index is 12.9. The molecule has 2 aromatic rings. The van der Waals surface area contributed by atoms with E-state index in [4.69, 9.17) is 0 Å². The van der Waals surface area contributed by atoms with Crippen LogP contribution in [0.25, 0.3) is 11.1 Å². The van der Waals surface area contributed by atoms with E-state index in [-0.39, 0.29) is 23.7 Å². The van der Waals surface area contributed by atoms with Gasteiger partial charge in [-0.2, -0.15) is 0 Å². The highest BCUT2D eigenvalue weighted by Gasteiger charge is 2.32. The maximum Gasteiger partial charge on any atom is 0.229 e. The van der Waals surface area contributed by atoms with Gasteiger partial charge in [-0.1, -0.05) is 54.8 Å². The van der Waals surface area contributed by atoms with Crippen molar-refractivity contribution in [3.63, 3.8) is 0 Å². The molecule has 1 heterocycles. The Morgan fingerprint density at radius 1 is 0.897 bits per heavy atom. The van der Waals surface area contributed by atoms with Gasteiger partial charge in [-0.3, -0.25) is 9.59 Å². The van der Waals surface area contributed by atoms with Crippen LogP contribution in [0.1, 0.15) is 44.1 Å². The van der Waals surface area contributed by atoms with Crippen molar-refractivity contribution in [1.29, 1.82) is 0 Å². The molecule has 2 amide bonds. The molecule has 1 unspecified atom stereocenters. The highest BCUT2D eigenvalue weighted by molar-refractivity contribution is 5.94. The van der Waals surface area contributed by atoms with Gasteiger partial charge in [0.25, 0.3) is 0 Å². The van der Waals surface area contributed by atoms with Gasteiger partial charge in [-0.15, -0.1) is 0 Å². The lowest BCUT2D eigenvalue weighted by Crippen LogP contribution is -2.45. The molecule has 0 radical (unpaired) electrons. The molecule has 4 nitrogen and oxygen atoms in total. The standard InChI is InChI=1S/C25H30N2O2/c1-18-7-4-10-20(15-18)21-11-5-13-23(16-21)26-24(28)22-12-6-14-27(17-22)25(29)19-8-2-3-9-19/h4-5,7,10-11,13,15-16,19,22H,2-3,6,8-9,12,14,17H2,1H3,(H,26,28). The monoisotopic (exact) mass is 390 g/mol. The summed E-state index contributed by atoms with van der Waals surface area (Å²) in [5.41, 5.74) is 4.26. The predicted molar refractivity (Wildman–Crippen MR) is 117 cm³/mol. The fourth-order valence-corrected chi connectivity index (χ4v) is 4.67. The summed E-state index contributed by atoms with van der Waals surface area (Å²) in [4.78, 5) is 27.6. The molecule has 1 N–H and O–H groups in total. The predicted octanol–water partition coefficient (Wildman–Crippen LogP) is 5.03. The van der Waals surface area contributed by atoms with Gasteiger partial charge in [0.15, 0.2) is 0 Å². The first-order chi connectivity index (χ1) is 14.1. The lowest BCUT2D eigenvalue weighted by atomic mass is 9.95. The summed E-state index contributed by atoms with van der Waals surface area (Å²) in [6, 6.07) is 16.4. The first-order valence-corrected chi connectivity index (χ1v) is 10.9. The van der Waals surface area contributed by atoms with Crippen LogP contribution in [0.5, 0.6) is 0 Å². The molecule has 0 bridgehead atoms. The molecule has 2 aromatic carbocycles. The fraction of sp³-hybridized carbons (Fsp3) is 0.440. The minimum absolute atomic E-state index is 0.0234. The van der Waals surface area contributed by atoms with E-state index in [0.29, 0.717) is 6.54 Å². The molecule has 1 aliphatic heterocycles. The summed E-state index contributed by atoms with van der Waals surface area (Å²) in [6.45, 7) is 3.43. The van der Waals surface area contributed by atoms with E-state index in [0.717, 1.165) is 61.9 Å². The number of hydrogen-bond acceptors (Lipinski definition) is 2. The van der Waals surface area contributed by atoms with Crippen LogP contribution < -0.4 is 5.32 Å². The third-order valence-electron chi connectivity index (χ3n) is 6.29. The number of nitrogens with one attached hydrogen (secondary N) is 1. The zero-order valence-corrected chi connectivity index (χ0v) is 17.2. The molecule has 1 atom stereocenters. The van der Waals surface area contributed by atoms with Crippen molar-refractivity contribution >= 4 is 17.5 Å². The first kappa shape index (κ1) is 19.7.